The number of hydrogen-bond acceptors (Lipinski definition) is 6. The van der Waals surface area contributed by atoms with E-state index in [1.54, 1.807) is 4.68 Å². The first-order valence-electron chi connectivity index (χ1n) is 7.46. The van der Waals surface area contributed by atoms with Crippen LogP contribution in [-0.4, -0.2) is 33.3 Å². The van der Waals surface area contributed by atoms with Crippen molar-refractivity contribution >= 4 is 47.0 Å². The molecule has 0 bridgehead atoms. The van der Waals surface area contributed by atoms with E-state index in [1.807, 2.05) is 44.2 Å². The van der Waals surface area contributed by atoms with Crippen molar-refractivity contribution in [1.29, 1.82) is 0 Å². The Morgan fingerprint density at radius 3 is 2.58 bits per heavy atom. The molecule has 0 radical (unpaired) electrons. The van der Waals surface area contributed by atoms with Gasteiger partial charge in [-0.2, -0.15) is 0 Å². The molecule has 0 fully saturated rings. The van der Waals surface area contributed by atoms with Gasteiger partial charge in [-0.1, -0.05) is 55.1 Å². The van der Waals surface area contributed by atoms with Crippen molar-refractivity contribution in [3.05, 3.63) is 34.3 Å². The number of amides is 1. The fourth-order valence-corrected chi connectivity index (χ4v) is 4.30. The lowest BCUT2D eigenvalue weighted by Crippen LogP contribution is -2.44. The molecule has 0 spiro atoms. The second kappa shape index (κ2) is 8.55. The van der Waals surface area contributed by atoms with Gasteiger partial charge in [-0.25, -0.2) is 4.68 Å². The van der Waals surface area contributed by atoms with E-state index in [4.69, 9.17) is 12.2 Å². The summed E-state index contributed by atoms with van der Waals surface area (Å²) in [6.07, 6.45) is 0. The number of hydrogen-bond donors (Lipinski definition) is 1. The zero-order valence-electron chi connectivity index (χ0n) is 13.7. The lowest BCUT2D eigenvalue weighted by molar-refractivity contribution is -0.126. The lowest BCUT2D eigenvalue weighted by atomic mass is 10.0. The molecule has 1 aromatic heterocycles. The van der Waals surface area contributed by atoms with Crippen LogP contribution in [-0.2, 0) is 9.59 Å². The highest BCUT2D eigenvalue weighted by atomic mass is 32.2. The average Bonchev–Trinajstić information content (AvgIpc) is 2.92. The summed E-state index contributed by atoms with van der Waals surface area (Å²) >= 11 is 8.02. The zero-order chi connectivity index (χ0) is 17.7. The van der Waals surface area contributed by atoms with Crippen LogP contribution in [0.15, 0.2) is 34.7 Å². The average molecular weight is 382 g/mol. The van der Waals surface area contributed by atoms with Crippen LogP contribution in [0.25, 0.3) is 5.69 Å². The normalized spacial score (nSPS) is 12.2. The molecule has 0 saturated carbocycles. The number of thioether (sulfide) groups is 1. The molecule has 2 rings (SSSR count). The van der Waals surface area contributed by atoms with Crippen LogP contribution < -0.4 is 5.32 Å². The molecular formula is C16H19N3O2S3. The molecule has 5 nitrogen and oxygen atoms in total. The maximum atomic E-state index is 12.1. The predicted molar refractivity (Wildman–Crippen MR) is 100 cm³/mol. The van der Waals surface area contributed by atoms with Crippen LogP contribution >= 0.6 is 35.3 Å². The summed E-state index contributed by atoms with van der Waals surface area (Å²) in [5, 5.41) is 7.22. The number of aromatic nitrogens is 2. The fourth-order valence-electron chi connectivity index (χ4n) is 2.13. The highest BCUT2D eigenvalue weighted by molar-refractivity contribution is 8.01. The van der Waals surface area contributed by atoms with Gasteiger partial charge in [0.05, 0.1) is 17.5 Å². The molecule has 1 heterocycles. The lowest BCUT2D eigenvalue weighted by Gasteiger charge is -2.19. The molecule has 0 aliphatic rings. The van der Waals surface area contributed by atoms with Crippen molar-refractivity contribution in [2.75, 3.05) is 5.75 Å². The number of carbonyl (C=O) groups excluding carboxylic acids is 2. The van der Waals surface area contributed by atoms with Gasteiger partial charge in [0.25, 0.3) is 0 Å². The van der Waals surface area contributed by atoms with E-state index >= 15 is 0 Å². The number of nitrogens with one attached hydrogen (secondary N) is 1. The van der Waals surface area contributed by atoms with Crippen LogP contribution in [0.4, 0.5) is 0 Å². The minimum Gasteiger partial charge on any atom is -0.345 e. The van der Waals surface area contributed by atoms with Crippen LogP contribution in [0.3, 0.4) is 0 Å². The Morgan fingerprint density at radius 2 is 2.00 bits per heavy atom. The van der Waals surface area contributed by atoms with Crippen molar-refractivity contribution < 1.29 is 9.59 Å². The maximum Gasteiger partial charge on any atom is 0.231 e. The number of ketones is 1. The molecule has 0 saturated heterocycles. The Kier molecular flexibility index (Phi) is 6.70. The fraction of sp³-hybridized carbons (Fsp3) is 0.375. The van der Waals surface area contributed by atoms with E-state index in [0.717, 1.165) is 10.0 Å². The van der Waals surface area contributed by atoms with E-state index in [0.29, 0.717) is 3.95 Å². The summed E-state index contributed by atoms with van der Waals surface area (Å²) < 4.78 is 3.04. The largest absolute Gasteiger partial charge is 0.345 e. The standard InChI is InChI=1S/C16H19N3O2S3/c1-10(2)14(11(3)20)17-13(21)9-23-15-18-19(16(22)24-15)12-7-5-4-6-8-12/h4-8,10,14H,9H2,1-3H3,(H,17,21)/t14-/m0/s1. The maximum absolute atomic E-state index is 12.1. The molecule has 1 atom stereocenters. The molecule has 1 amide bonds. The van der Waals surface area contributed by atoms with Crippen molar-refractivity contribution in [2.24, 2.45) is 5.92 Å². The van der Waals surface area contributed by atoms with Gasteiger partial charge in [0, 0.05) is 0 Å². The Hall–Kier alpha value is -1.51. The Bertz CT molecular complexity index is 768. The van der Waals surface area contributed by atoms with Crippen LogP contribution in [0.5, 0.6) is 0 Å². The number of Topliss-reactive ketones (excluding diaryl/α,β-unsaturated/α-hetero) is 1. The SMILES string of the molecule is CC(=O)[C@@H](NC(=O)CSc1nn(-c2ccccc2)c(=S)s1)C(C)C. The van der Waals surface area contributed by atoms with Gasteiger partial charge in [0.15, 0.2) is 14.1 Å². The van der Waals surface area contributed by atoms with Crippen molar-refractivity contribution in [3.8, 4) is 5.69 Å². The van der Waals surface area contributed by atoms with Crippen molar-refractivity contribution in [1.82, 2.24) is 15.1 Å². The molecule has 24 heavy (non-hydrogen) atoms. The van der Waals surface area contributed by atoms with Gasteiger partial charge in [-0.15, -0.1) is 5.10 Å². The second-order valence-corrected chi connectivity index (χ2v) is 8.41. The summed E-state index contributed by atoms with van der Waals surface area (Å²) in [6.45, 7) is 5.31. The minimum atomic E-state index is -0.446. The zero-order valence-corrected chi connectivity index (χ0v) is 16.1. The number of rotatable bonds is 7. The highest BCUT2D eigenvalue weighted by Gasteiger charge is 2.20. The molecule has 128 valence electrons. The topological polar surface area (TPSA) is 64.0 Å². The van der Waals surface area contributed by atoms with E-state index < -0.39 is 6.04 Å². The summed E-state index contributed by atoms with van der Waals surface area (Å²) in [6, 6.07) is 9.18. The highest BCUT2D eigenvalue weighted by Crippen LogP contribution is 2.23. The van der Waals surface area contributed by atoms with E-state index in [9.17, 15) is 9.59 Å². The number of para-hydroxylation sites is 1. The van der Waals surface area contributed by atoms with Crippen molar-refractivity contribution in [3.63, 3.8) is 0 Å². The molecule has 2 aromatic rings. The first-order valence-corrected chi connectivity index (χ1v) is 9.67. The minimum absolute atomic E-state index is 0.0348. The Morgan fingerprint density at radius 1 is 1.33 bits per heavy atom. The molecule has 0 aliphatic carbocycles. The summed E-state index contributed by atoms with van der Waals surface area (Å²) in [7, 11) is 0. The summed E-state index contributed by atoms with van der Waals surface area (Å²) in [5.74, 6) is 0.0533. The van der Waals surface area contributed by atoms with Gasteiger partial charge >= 0.3 is 0 Å². The summed E-state index contributed by atoms with van der Waals surface area (Å²) in [5.41, 5.74) is 0.895. The van der Waals surface area contributed by atoms with E-state index in [1.165, 1.54) is 30.0 Å². The van der Waals surface area contributed by atoms with Gasteiger partial charge in [-0.3, -0.25) is 9.59 Å². The van der Waals surface area contributed by atoms with Gasteiger partial charge < -0.3 is 5.32 Å². The molecule has 0 unspecified atom stereocenters. The van der Waals surface area contributed by atoms with Crippen molar-refractivity contribution in [2.45, 2.75) is 31.2 Å². The third-order valence-corrected chi connectivity index (χ3v) is 5.64. The Labute approximate surface area is 154 Å². The van der Waals surface area contributed by atoms with Crippen LogP contribution in [0, 0.1) is 9.87 Å². The van der Waals surface area contributed by atoms with Gasteiger partial charge in [-0.05, 0) is 37.2 Å². The van der Waals surface area contributed by atoms with Gasteiger partial charge in [0.1, 0.15) is 0 Å². The molecular weight excluding hydrogens is 362 g/mol. The van der Waals surface area contributed by atoms with Crippen LogP contribution in [0.2, 0.25) is 0 Å². The first kappa shape index (κ1) is 18.8. The third kappa shape index (κ3) is 4.99. The second-order valence-electron chi connectivity index (χ2n) is 5.57. The third-order valence-electron chi connectivity index (χ3n) is 3.28. The Balaban J connectivity index is 1.99. The molecule has 8 heteroatoms. The van der Waals surface area contributed by atoms with E-state index in [2.05, 4.69) is 10.4 Å². The predicted octanol–water partition coefficient (Wildman–Crippen LogP) is 3.49. The number of nitrogens with zero attached hydrogens (tertiary/aromatic N) is 2. The van der Waals surface area contributed by atoms with E-state index in [-0.39, 0.29) is 23.4 Å². The molecule has 1 aromatic carbocycles. The number of benzene rings is 1. The first-order chi connectivity index (χ1) is 11.4. The molecule has 0 aliphatic heterocycles. The summed E-state index contributed by atoms with van der Waals surface area (Å²) in [4.78, 5) is 23.6. The quantitative estimate of drug-likeness (QED) is 0.587. The monoisotopic (exact) mass is 381 g/mol. The smallest absolute Gasteiger partial charge is 0.231 e. The molecule has 1 N–H and O–H groups in total. The van der Waals surface area contributed by atoms with Crippen LogP contribution in [0.1, 0.15) is 20.8 Å². The number of carbonyl (C=O) groups is 2. The van der Waals surface area contributed by atoms with Gasteiger partial charge in [0.2, 0.25) is 5.91 Å².